The summed E-state index contributed by atoms with van der Waals surface area (Å²) in [6, 6.07) is 0. The molecule has 1 fully saturated rings. The van der Waals surface area contributed by atoms with Gasteiger partial charge in [-0.15, -0.1) is 11.3 Å². The van der Waals surface area contributed by atoms with Crippen LogP contribution in [0.25, 0.3) is 0 Å². The molecular formula is C12H19N3OS. The molecule has 94 valence electrons. The molecule has 0 atom stereocenters. The van der Waals surface area contributed by atoms with Crippen molar-refractivity contribution in [3.05, 3.63) is 11.1 Å². The van der Waals surface area contributed by atoms with Gasteiger partial charge in [0.2, 0.25) is 5.91 Å². The molecule has 1 amide bonds. The summed E-state index contributed by atoms with van der Waals surface area (Å²) in [5, 5.41) is 8.97. The maximum absolute atomic E-state index is 12.0. The van der Waals surface area contributed by atoms with Crippen LogP contribution in [-0.4, -0.2) is 24.0 Å². The van der Waals surface area contributed by atoms with Crippen LogP contribution in [0, 0.1) is 5.92 Å². The monoisotopic (exact) mass is 253 g/mol. The van der Waals surface area contributed by atoms with Gasteiger partial charge in [-0.25, -0.2) is 4.98 Å². The SMILES string of the molecule is CCCc1csc(NC(=O)C2CCNCC2)n1. The summed E-state index contributed by atoms with van der Waals surface area (Å²) < 4.78 is 0. The maximum atomic E-state index is 12.0. The van der Waals surface area contributed by atoms with Crippen molar-refractivity contribution in [2.45, 2.75) is 32.6 Å². The lowest BCUT2D eigenvalue weighted by Crippen LogP contribution is -2.34. The number of hydrogen-bond acceptors (Lipinski definition) is 4. The second-order valence-electron chi connectivity index (χ2n) is 4.41. The van der Waals surface area contributed by atoms with Crippen molar-refractivity contribution >= 4 is 22.4 Å². The Morgan fingerprint density at radius 3 is 3.06 bits per heavy atom. The summed E-state index contributed by atoms with van der Waals surface area (Å²) in [7, 11) is 0. The fourth-order valence-corrected chi connectivity index (χ4v) is 2.77. The molecule has 0 spiro atoms. The standard InChI is InChI=1S/C12H19N3OS/c1-2-3-10-8-17-12(14-10)15-11(16)9-4-6-13-7-5-9/h8-9,13H,2-7H2,1H3,(H,14,15,16). The molecule has 1 aliphatic heterocycles. The molecule has 0 bridgehead atoms. The van der Waals surface area contributed by atoms with Gasteiger partial charge in [-0.2, -0.15) is 0 Å². The highest BCUT2D eigenvalue weighted by molar-refractivity contribution is 7.13. The van der Waals surface area contributed by atoms with Crippen LogP contribution in [0.1, 0.15) is 31.9 Å². The molecule has 2 rings (SSSR count). The van der Waals surface area contributed by atoms with Crippen molar-refractivity contribution in [3.63, 3.8) is 0 Å². The molecule has 4 nitrogen and oxygen atoms in total. The number of thiazole rings is 1. The molecule has 0 unspecified atom stereocenters. The van der Waals surface area contributed by atoms with E-state index in [-0.39, 0.29) is 11.8 Å². The topological polar surface area (TPSA) is 54.0 Å². The summed E-state index contributed by atoms with van der Waals surface area (Å²) in [6.07, 6.45) is 3.93. The average molecular weight is 253 g/mol. The van der Waals surface area contributed by atoms with Crippen LogP contribution in [0.5, 0.6) is 0 Å². The first-order chi connectivity index (χ1) is 8.29. The fraction of sp³-hybridized carbons (Fsp3) is 0.667. The third-order valence-electron chi connectivity index (χ3n) is 3.00. The molecule has 2 N–H and O–H groups in total. The molecule has 5 heteroatoms. The number of aryl methyl sites for hydroxylation is 1. The minimum absolute atomic E-state index is 0.129. The van der Waals surface area contributed by atoms with E-state index in [1.807, 2.05) is 5.38 Å². The van der Waals surface area contributed by atoms with E-state index in [1.165, 1.54) is 11.3 Å². The number of hydrogen-bond donors (Lipinski definition) is 2. The number of piperidine rings is 1. The lowest BCUT2D eigenvalue weighted by molar-refractivity contribution is -0.120. The minimum atomic E-state index is 0.129. The Kier molecular flexibility index (Phi) is 4.50. The Morgan fingerprint density at radius 2 is 2.35 bits per heavy atom. The van der Waals surface area contributed by atoms with Gasteiger partial charge in [0, 0.05) is 11.3 Å². The predicted molar refractivity (Wildman–Crippen MR) is 70.3 cm³/mol. The van der Waals surface area contributed by atoms with Gasteiger partial charge in [0.25, 0.3) is 0 Å². The number of carbonyl (C=O) groups is 1. The Hall–Kier alpha value is -0.940. The third-order valence-corrected chi connectivity index (χ3v) is 3.80. The van der Waals surface area contributed by atoms with E-state index in [0.717, 1.165) is 49.6 Å². The summed E-state index contributed by atoms with van der Waals surface area (Å²) in [5.74, 6) is 0.277. The van der Waals surface area contributed by atoms with E-state index < -0.39 is 0 Å². The third kappa shape index (κ3) is 3.51. The number of amides is 1. The average Bonchev–Trinajstić information content (AvgIpc) is 2.78. The van der Waals surface area contributed by atoms with Crippen molar-refractivity contribution in [2.75, 3.05) is 18.4 Å². The van der Waals surface area contributed by atoms with Crippen molar-refractivity contribution < 1.29 is 4.79 Å². The second kappa shape index (κ2) is 6.12. The number of nitrogens with zero attached hydrogens (tertiary/aromatic N) is 1. The van der Waals surface area contributed by atoms with Gasteiger partial charge >= 0.3 is 0 Å². The lowest BCUT2D eigenvalue weighted by Gasteiger charge is -2.20. The maximum Gasteiger partial charge on any atom is 0.229 e. The van der Waals surface area contributed by atoms with Crippen LogP contribution in [0.2, 0.25) is 0 Å². The van der Waals surface area contributed by atoms with E-state index in [4.69, 9.17) is 0 Å². The van der Waals surface area contributed by atoms with Gasteiger partial charge in [-0.3, -0.25) is 4.79 Å². The second-order valence-corrected chi connectivity index (χ2v) is 5.27. The van der Waals surface area contributed by atoms with Crippen LogP contribution >= 0.6 is 11.3 Å². The smallest absolute Gasteiger partial charge is 0.229 e. The zero-order chi connectivity index (χ0) is 12.1. The van der Waals surface area contributed by atoms with Gasteiger partial charge in [0.15, 0.2) is 5.13 Å². The quantitative estimate of drug-likeness (QED) is 0.863. The first kappa shape index (κ1) is 12.5. The largest absolute Gasteiger partial charge is 0.317 e. The first-order valence-corrected chi connectivity index (χ1v) is 7.13. The molecule has 1 aromatic rings. The van der Waals surface area contributed by atoms with Crippen LogP contribution in [-0.2, 0) is 11.2 Å². The molecule has 1 aliphatic rings. The van der Waals surface area contributed by atoms with Crippen molar-refractivity contribution in [1.29, 1.82) is 0 Å². The fourth-order valence-electron chi connectivity index (χ4n) is 2.03. The van der Waals surface area contributed by atoms with Gasteiger partial charge in [0.05, 0.1) is 5.69 Å². The highest BCUT2D eigenvalue weighted by Gasteiger charge is 2.21. The van der Waals surface area contributed by atoms with E-state index in [2.05, 4.69) is 22.5 Å². The lowest BCUT2D eigenvalue weighted by atomic mass is 9.97. The highest BCUT2D eigenvalue weighted by atomic mass is 32.1. The molecule has 0 saturated carbocycles. The zero-order valence-corrected chi connectivity index (χ0v) is 11.0. The number of anilines is 1. The van der Waals surface area contributed by atoms with E-state index in [9.17, 15) is 4.79 Å². The van der Waals surface area contributed by atoms with Gasteiger partial charge in [-0.05, 0) is 32.4 Å². The Morgan fingerprint density at radius 1 is 1.59 bits per heavy atom. The van der Waals surface area contributed by atoms with E-state index in [1.54, 1.807) is 0 Å². The van der Waals surface area contributed by atoms with Crippen LogP contribution in [0.15, 0.2) is 5.38 Å². The van der Waals surface area contributed by atoms with Gasteiger partial charge in [-0.1, -0.05) is 13.3 Å². The normalized spacial score (nSPS) is 17.0. The predicted octanol–water partition coefficient (Wildman–Crippen LogP) is 2.03. The summed E-state index contributed by atoms with van der Waals surface area (Å²) in [5.41, 5.74) is 1.08. The van der Waals surface area contributed by atoms with Gasteiger partial charge < -0.3 is 10.6 Å². The molecule has 2 heterocycles. The Balaban J connectivity index is 1.88. The van der Waals surface area contributed by atoms with Crippen molar-refractivity contribution in [3.8, 4) is 0 Å². The van der Waals surface area contributed by atoms with E-state index in [0.29, 0.717) is 0 Å². The van der Waals surface area contributed by atoms with Crippen molar-refractivity contribution in [2.24, 2.45) is 5.92 Å². The number of aromatic nitrogens is 1. The molecule has 0 aromatic carbocycles. The number of nitrogens with one attached hydrogen (secondary N) is 2. The molecular weight excluding hydrogens is 234 g/mol. The van der Waals surface area contributed by atoms with Crippen LogP contribution < -0.4 is 10.6 Å². The van der Waals surface area contributed by atoms with Crippen LogP contribution in [0.3, 0.4) is 0 Å². The molecule has 1 aromatic heterocycles. The molecule has 1 saturated heterocycles. The number of rotatable bonds is 4. The Labute approximate surface area is 106 Å². The summed E-state index contributed by atoms with van der Waals surface area (Å²) >= 11 is 1.52. The van der Waals surface area contributed by atoms with Crippen molar-refractivity contribution in [1.82, 2.24) is 10.3 Å². The molecule has 17 heavy (non-hydrogen) atoms. The first-order valence-electron chi connectivity index (χ1n) is 6.25. The minimum Gasteiger partial charge on any atom is -0.317 e. The number of carbonyl (C=O) groups excluding carboxylic acids is 1. The Bertz CT molecular complexity index is 372. The molecule has 0 aliphatic carbocycles. The van der Waals surface area contributed by atoms with Crippen LogP contribution in [0.4, 0.5) is 5.13 Å². The highest BCUT2D eigenvalue weighted by Crippen LogP contribution is 2.19. The summed E-state index contributed by atoms with van der Waals surface area (Å²) in [6.45, 7) is 4.01. The van der Waals surface area contributed by atoms with E-state index >= 15 is 0 Å². The zero-order valence-electron chi connectivity index (χ0n) is 10.2. The molecule has 0 radical (unpaired) electrons. The van der Waals surface area contributed by atoms with Gasteiger partial charge in [0.1, 0.15) is 0 Å². The summed E-state index contributed by atoms with van der Waals surface area (Å²) in [4.78, 5) is 16.4.